The van der Waals surface area contributed by atoms with Crippen LogP contribution in [0.25, 0.3) is 10.4 Å². The van der Waals surface area contributed by atoms with Gasteiger partial charge in [-0.25, -0.2) is 4.98 Å². The van der Waals surface area contributed by atoms with Crippen molar-refractivity contribution < 1.29 is 19.5 Å². The lowest BCUT2D eigenvalue weighted by Crippen LogP contribution is -2.54. The van der Waals surface area contributed by atoms with E-state index in [9.17, 15) is 19.5 Å². The number of benzene rings is 1. The number of likely N-dealkylation sites (tertiary alicyclic amines) is 1. The van der Waals surface area contributed by atoms with E-state index in [2.05, 4.69) is 15.6 Å². The van der Waals surface area contributed by atoms with Gasteiger partial charge in [0.25, 0.3) is 0 Å². The van der Waals surface area contributed by atoms with Crippen molar-refractivity contribution in [3.63, 3.8) is 0 Å². The minimum atomic E-state index is -0.776. The number of carbonyl (C=O) groups is 3. The van der Waals surface area contributed by atoms with E-state index in [0.29, 0.717) is 13.0 Å². The smallest absolute Gasteiger partial charge is 0.245 e. The van der Waals surface area contributed by atoms with Gasteiger partial charge in [-0.2, -0.15) is 0 Å². The van der Waals surface area contributed by atoms with E-state index in [4.69, 9.17) is 0 Å². The van der Waals surface area contributed by atoms with E-state index in [1.54, 1.807) is 11.3 Å². The number of carbonyl (C=O) groups excluding carboxylic acids is 3. The molecular weight excluding hydrogens is 512 g/mol. The fraction of sp³-hybridized carbons (Fsp3) is 0.600. The molecule has 1 aromatic heterocycles. The number of amides is 3. The first kappa shape index (κ1) is 30.8. The van der Waals surface area contributed by atoms with Crippen LogP contribution in [-0.4, -0.2) is 57.4 Å². The summed E-state index contributed by atoms with van der Waals surface area (Å²) in [5, 5.41) is 16.3. The fourth-order valence-electron chi connectivity index (χ4n) is 5.06. The molecule has 9 heteroatoms. The molecule has 3 amide bonds. The van der Waals surface area contributed by atoms with Crippen LogP contribution in [0.15, 0.2) is 29.8 Å². The number of hydrogen-bond donors (Lipinski definition) is 3. The van der Waals surface area contributed by atoms with Gasteiger partial charge in [-0.1, -0.05) is 58.9 Å². The summed E-state index contributed by atoms with van der Waals surface area (Å²) in [7, 11) is 0. The first-order chi connectivity index (χ1) is 18.6. The molecule has 39 heavy (non-hydrogen) atoms. The summed E-state index contributed by atoms with van der Waals surface area (Å²) < 4.78 is 0. The Hall–Kier alpha value is -2.78. The molecule has 2 aromatic rings. The second-order valence-corrected chi connectivity index (χ2v) is 11.7. The number of thiazole rings is 1. The maximum absolute atomic E-state index is 13.6. The molecule has 214 valence electrons. The molecule has 0 spiro atoms. The number of rotatable bonds is 10. The maximum Gasteiger partial charge on any atom is 0.245 e. The highest BCUT2D eigenvalue weighted by Crippen LogP contribution is 2.48. The quantitative estimate of drug-likeness (QED) is 0.401. The zero-order valence-electron chi connectivity index (χ0n) is 24.1. The molecule has 4 rings (SSSR count). The number of aliphatic hydroxyl groups is 1. The second kappa shape index (κ2) is 13.5. The van der Waals surface area contributed by atoms with Crippen molar-refractivity contribution in [1.29, 1.82) is 0 Å². The van der Waals surface area contributed by atoms with Gasteiger partial charge in [-0.15, -0.1) is 11.3 Å². The van der Waals surface area contributed by atoms with Crippen LogP contribution in [0.3, 0.4) is 0 Å². The van der Waals surface area contributed by atoms with E-state index in [1.807, 2.05) is 71.3 Å². The molecule has 3 unspecified atom stereocenters. The van der Waals surface area contributed by atoms with Crippen LogP contribution in [-0.2, 0) is 20.9 Å². The molecule has 2 heterocycles. The van der Waals surface area contributed by atoms with Crippen molar-refractivity contribution in [3.05, 3.63) is 41.0 Å². The molecule has 2 aliphatic rings. The van der Waals surface area contributed by atoms with Crippen LogP contribution in [0.4, 0.5) is 0 Å². The van der Waals surface area contributed by atoms with E-state index < -0.39 is 18.2 Å². The Kier molecular flexibility index (Phi) is 10.7. The number of aryl methyl sites for hydroxylation is 1. The Bertz CT molecular complexity index is 1130. The number of β-amino-alcohol motifs (C(OH)–C–C–N with tert-alkyl or cyclic N) is 1. The number of hydrogen-bond acceptors (Lipinski definition) is 6. The third kappa shape index (κ3) is 7.45. The minimum Gasteiger partial charge on any atom is -0.391 e. The van der Waals surface area contributed by atoms with Crippen molar-refractivity contribution in [2.45, 2.75) is 98.4 Å². The Morgan fingerprint density at radius 1 is 1.18 bits per heavy atom. The predicted octanol–water partition coefficient (Wildman–Crippen LogP) is 4.44. The molecule has 1 aromatic carbocycles. The zero-order chi connectivity index (χ0) is 28.7. The summed E-state index contributed by atoms with van der Waals surface area (Å²) in [5.41, 5.74) is 4.48. The van der Waals surface area contributed by atoms with Gasteiger partial charge < -0.3 is 20.6 Å². The summed E-state index contributed by atoms with van der Waals surface area (Å²) in [6, 6.07) is 6.49. The first-order valence-corrected chi connectivity index (χ1v) is 15.1. The molecule has 3 atom stereocenters. The minimum absolute atomic E-state index is 0.0771. The Morgan fingerprint density at radius 3 is 2.38 bits per heavy atom. The van der Waals surface area contributed by atoms with E-state index >= 15 is 0 Å². The molecule has 1 aliphatic carbocycles. The van der Waals surface area contributed by atoms with E-state index in [-0.39, 0.29) is 42.0 Å². The molecular formula is C30H44N4O4S. The van der Waals surface area contributed by atoms with Crippen molar-refractivity contribution >= 4 is 29.1 Å². The average Bonchev–Trinajstić information content (AvgIpc) is 3.47. The van der Waals surface area contributed by atoms with Gasteiger partial charge in [0.15, 0.2) is 0 Å². The highest BCUT2D eigenvalue weighted by atomic mass is 32.1. The monoisotopic (exact) mass is 556 g/mol. The third-order valence-electron chi connectivity index (χ3n) is 7.62. The lowest BCUT2D eigenvalue weighted by atomic mass is 9.98. The highest BCUT2D eigenvalue weighted by Gasteiger charge is 2.49. The SMILES string of the molecule is CC.CCC1(C(=O)NC(CC(C)C)C(=O)N2CC(O)CC2C(=O)NCc2ccc(-c3scnc3C)cc2)CC1. The summed E-state index contributed by atoms with van der Waals surface area (Å²) >= 11 is 1.59. The van der Waals surface area contributed by atoms with E-state index in [1.165, 1.54) is 4.90 Å². The molecule has 8 nitrogen and oxygen atoms in total. The van der Waals surface area contributed by atoms with Crippen molar-refractivity contribution in [2.24, 2.45) is 11.3 Å². The van der Waals surface area contributed by atoms with Crippen LogP contribution in [0.1, 0.15) is 78.0 Å². The zero-order valence-corrected chi connectivity index (χ0v) is 24.9. The highest BCUT2D eigenvalue weighted by molar-refractivity contribution is 7.13. The van der Waals surface area contributed by atoms with Gasteiger partial charge in [0.1, 0.15) is 12.1 Å². The summed E-state index contributed by atoms with van der Waals surface area (Å²) in [6.45, 7) is 12.4. The number of aromatic nitrogens is 1. The Morgan fingerprint density at radius 2 is 1.85 bits per heavy atom. The lowest BCUT2D eigenvalue weighted by Gasteiger charge is -2.30. The summed E-state index contributed by atoms with van der Waals surface area (Å²) in [5.74, 6) is -0.488. The number of nitrogens with one attached hydrogen (secondary N) is 2. The largest absolute Gasteiger partial charge is 0.391 e. The molecule has 1 saturated heterocycles. The number of aliphatic hydroxyl groups excluding tert-OH is 1. The van der Waals surface area contributed by atoms with Gasteiger partial charge in [0.2, 0.25) is 17.7 Å². The van der Waals surface area contributed by atoms with Gasteiger partial charge in [0, 0.05) is 24.9 Å². The van der Waals surface area contributed by atoms with Gasteiger partial charge in [0.05, 0.1) is 22.2 Å². The maximum atomic E-state index is 13.6. The van der Waals surface area contributed by atoms with Crippen molar-refractivity contribution in [1.82, 2.24) is 20.5 Å². The molecule has 2 fully saturated rings. The second-order valence-electron chi connectivity index (χ2n) is 10.9. The van der Waals surface area contributed by atoms with Gasteiger partial charge >= 0.3 is 0 Å². The molecule has 3 N–H and O–H groups in total. The average molecular weight is 557 g/mol. The Balaban J connectivity index is 0.00000205. The summed E-state index contributed by atoms with van der Waals surface area (Å²) in [6.07, 6.45) is 2.33. The van der Waals surface area contributed by atoms with Crippen LogP contribution < -0.4 is 10.6 Å². The van der Waals surface area contributed by atoms with Gasteiger partial charge in [-0.3, -0.25) is 14.4 Å². The van der Waals surface area contributed by atoms with Crippen LogP contribution in [0, 0.1) is 18.3 Å². The van der Waals surface area contributed by atoms with Gasteiger partial charge in [-0.05, 0) is 49.7 Å². The van der Waals surface area contributed by atoms with Crippen molar-refractivity contribution in [2.75, 3.05) is 6.54 Å². The third-order valence-corrected chi connectivity index (χ3v) is 8.59. The van der Waals surface area contributed by atoms with E-state index in [0.717, 1.165) is 41.0 Å². The fourth-order valence-corrected chi connectivity index (χ4v) is 5.87. The lowest BCUT2D eigenvalue weighted by molar-refractivity contribution is -0.142. The Labute approximate surface area is 236 Å². The van der Waals surface area contributed by atoms with Crippen molar-refractivity contribution in [3.8, 4) is 10.4 Å². The molecule has 0 bridgehead atoms. The molecule has 0 radical (unpaired) electrons. The molecule has 1 saturated carbocycles. The number of nitrogens with zero attached hydrogens (tertiary/aromatic N) is 2. The van der Waals surface area contributed by atoms with Crippen LogP contribution in [0.2, 0.25) is 0 Å². The first-order valence-electron chi connectivity index (χ1n) is 14.2. The normalized spacial score (nSPS) is 20.2. The van der Waals surface area contributed by atoms with Crippen LogP contribution >= 0.6 is 11.3 Å². The standard InChI is InChI=1S/C28H38N4O4S.C2H6/c1-5-28(10-11-28)27(36)31-22(12-17(2)3)26(35)32-15-21(33)13-23(32)25(34)29-14-19-6-8-20(9-7-19)24-18(4)30-16-37-24;1-2/h6-9,16-17,21-23,33H,5,10-15H2,1-4H3,(H,29,34)(H,31,36);1-2H3. The molecule has 1 aliphatic heterocycles. The van der Waals surface area contributed by atoms with Crippen LogP contribution in [0.5, 0.6) is 0 Å². The predicted molar refractivity (Wildman–Crippen MR) is 155 cm³/mol. The topological polar surface area (TPSA) is 112 Å². The summed E-state index contributed by atoms with van der Waals surface area (Å²) in [4.78, 5) is 46.5.